The molecule has 2 aromatic heterocycles. The third kappa shape index (κ3) is 4.84. The van der Waals surface area contributed by atoms with E-state index in [-0.39, 0.29) is 0 Å². The van der Waals surface area contributed by atoms with Crippen LogP contribution < -0.4 is 0 Å². The largest absolute Gasteiger partial charge is 0.247 e. The number of aromatic nitrogens is 4. The molecule has 12 rings (SSSR count). The molecule has 1 spiro atoms. The Labute approximate surface area is 340 Å². The molecule has 0 unspecified atom stereocenters. The van der Waals surface area contributed by atoms with Crippen molar-refractivity contribution in [3.63, 3.8) is 0 Å². The minimum Gasteiger partial charge on any atom is -0.247 e. The number of pyridine rings is 1. The summed E-state index contributed by atoms with van der Waals surface area (Å²) in [7, 11) is 0. The molecule has 4 nitrogen and oxygen atoms in total. The zero-order valence-electron chi connectivity index (χ0n) is 31.2. The molecule has 0 amide bonds. The average molecular weight is 757 g/mol. The van der Waals surface area contributed by atoms with Crippen LogP contribution >= 0.6 is 11.8 Å². The molecule has 0 bridgehead atoms. The van der Waals surface area contributed by atoms with Crippen molar-refractivity contribution in [2.24, 2.45) is 0 Å². The monoisotopic (exact) mass is 756 g/mol. The fraction of sp³-hybridized carbons (Fsp3) is 0.0189. The summed E-state index contributed by atoms with van der Waals surface area (Å²) in [6, 6.07) is 69.1. The summed E-state index contributed by atoms with van der Waals surface area (Å²) in [5.74, 6) is 1.87. The lowest BCUT2D eigenvalue weighted by atomic mass is 9.67. The van der Waals surface area contributed by atoms with Crippen LogP contribution in [-0.4, -0.2) is 19.9 Å². The van der Waals surface area contributed by atoms with E-state index in [0.717, 1.165) is 44.2 Å². The van der Waals surface area contributed by atoms with Crippen LogP contribution in [-0.2, 0) is 5.41 Å². The smallest absolute Gasteiger partial charge is 0.164 e. The molecule has 2 aliphatic rings. The van der Waals surface area contributed by atoms with Crippen LogP contribution in [0, 0.1) is 0 Å². The Bertz CT molecular complexity index is 3150. The predicted octanol–water partition coefficient (Wildman–Crippen LogP) is 13.1. The Morgan fingerprint density at radius 1 is 0.362 bits per heavy atom. The number of fused-ring (bicyclic) bond motifs is 13. The van der Waals surface area contributed by atoms with Gasteiger partial charge in [-0.1, -0.05) is 188 Å². The first-order chi connectivity index (χ1) is 28.8. The predicted molar refractivity (Wildman–Crippen MR) is 236 cm³/mol. The highest BCUT2D eigenvalue weighted by atomic mass is 32.2. The molecule has 0 saturated heterocycles. The summed E-state index contributed by atoms with van der Waals surface area (Å²) >= 11 is 1.87. The van der Waals surface area contributed by atoms with Crippen molar-refractivity contribution in [2.75, 3.05) is 0 Å². The van der Waals surface area contributed by atoms with Gasteiger partial charge < -0.3 is 0 Å². The molecule has 1 aliphatic heterocycles. The molecule has 1 aliphatic carbocycles. The van der Waals surface area contributed by atoms with E-state index >= 15 is 0 Å². The Hall–Kier alpha value is -7.21. The highest BCUT2D eigenvalue weighted by Gasteiger charge is 2.50. The van der Waals surface area contributed by atoms with E-state index in [4.69, 9.17) is 19.9 Å². The molecular formula is C53H32N4S. The van der Waals surface area contributed by atoms with E-state index in [0.29, 0.717) is 17.5 Å². The van der Waals surface area contributed by atoms with Gasteiger partial charge in [-0.15, -0.1) is 0 Å². The molecule has 0 fully saturated rings. The zero-order valence-corrected chi connectivity index (χ0v) is 32.0. The molecule has 0 atom stereocenters. The lowest BCUT2D eigenvalue weighted by Crippen LogP contribution is -2.31. The number of hydrogen-bond donors (Lipinski definition) is 0. The Balaban J connectivity index is 1.17. The van der Waals surface area contributed by atoms with Crippen molar-refractivity contribution >= 4 is 33.4 Å². The fourth-order valence-electron chi connectivity index (χ4n) is 9.33. The molecule has 58 heavy (non-hydrogen) atoms. The normalized spacial score (nSPS) is 13.2. The van der Waals surface area contributed by atoms with Crippen molar-refractivity contribution in [1.29, 1.82) is 0 Å². The maximum Gasteiger partial charge on any atom is 0.164 e. The molecule has 0 N–H and O–H groups in total. The summed E-state index contributed by atoms with van der Waals surface area (Å²) in [6.07, 6.45) is 0. The Morgan fingerprint density at radius 2 is 0.862 bits per heavy atom. The molecular weight excluding hydrogens is 725 g/mol. The van der Waals surface area contributed by atoms with Gasteiger partial charge in [0.05, 0.1) is 16.6 Å². The van der Waals surface area contributed by atoms with Gasteiger partial charge in [-0.3, -0.25) is 0 Å². The van der Waals surface area contributed by atoms with Crippen molar-refractivity contribution in [1.82, 2.24) is 19.9 Å². The van der Waals surface area contributed by atoms with E-state index in [1.54, 1.807) is 0 Å². The van der Waals surface area contributed by atoms with Crippen LogP contribution in [0.2, 0.25) is 0 Å². The fourth-order valence-corrected chi connectivity index (χ4v) is 10.5. The molecule has 3 heterocycles. The van der Waals surface area contributed by atoms with Gasteiger partial charge in [0, 0.05) is 48.2 Å². The van der Waals surface area contributed by atoms with Gasteiger partial charge in [0.15, 0.2) is 17.5 Å². The summed E-state index contributed by atoms with van der Waals surface area (Å²) in [6.45, 7) is 0. The van der Waals surface area contributed by atoms with Crippen LogP contribution in [0.1, 0.15) is 22.3 Å². The first-order valence-corrected chi connectivity index (χ1v) is 20.4. The minimum absolute atomic E-state index is 0.479. The van der Waals surface area contributed by atoms with Crippen molar-refractivity contribution < 1.29 is 0 Å². The molecule has 8 aromatic carbocycles. The van der Waals surface area contributed by atoms with Gasteiger partial charge >= 0.3 is 0 Å². The number of nitrogens with zero attached hydrogens (tertiary/aromatic N) is 4. The Morgan fingerprint density at radius 3 is 1.48 bits per heavy atom. The molecule has 5 heteroatoms. The van der Waals surface area contributed by atoms with Gasteiger partial charge in [0.25, 0.3) is 0 Å². The topological polar surface area (TPSA) is 51.6 Å². The summed E-state index contributed by atoms with van der Waals surface area (Å²) in [5.41, 5.74) is 13.0. The lowest BCUT2D eigenvalue weighted by molar-refractivity contribution is 0.723. The van der Waals surface area contributed by atoms with E-state index in [1.165, 1.54) is 48.6 Å². The van der Waals surface area contributed by atoms with Gasteiger partial charge in [0.2, 0.25) is 0 Å². The number of benzene rings is 8. The maximum atomic E-state index is 5.50. The summed E-state index contributed by atoms with van der Waals surface area (Å²) in [5, 5.41) is 3.42. The van der Waals surface area contributed by atoms with Gasteiger partial charge in [-0.05, 0) is 51.6 Å². The minimum atomic E-state index is -0.479. The molecule has 10 aromatic rings. The lowest BCUT2D eigenvalue weighted by Gasteiger charge is -2.39. The molecule has 0 saturated carbocycles. The second-order valence-electron chi connectivity index (χ2n) is 14.9. The highest BCUT2D eigenvalue weighted by molar-refractivity contribution is 7.99. The van der Waals surface area contributed by atoms with E-state index in [2.05, 4.69) is 133 Å². The quantitative estimate of drug-likeness (QED) is 0.167. The first-order valence-electron chi connectivity index (χ1n) is 19.6. The SMILES string of the molecule is c1ccc(-c2nc(-c3ccccc3)nc(-c3ccc4c(c3)nc(-c3ccccc3)c3ccc5c(c34)-c3ccccc3C53c4ccccc4Sc4ccccc43)n2)cc1. The van der Waals surface area contributed by atoms with E-state index in [1.807, 2.05) is 72.4 Å². The standard InChI is InChI=1S/C53H32N4S/c1-4-16-33(17-5-1)49-39-30-31-43-48(37-22-10-11-23-40(37)53(43)41-24-12-14-26-45(41)58-46-27-15-13-25-42(46)53)47(39)38-29-28-36(32-44(38)54-49)52-56-50(34-18-6-2-7-19-34)55-51(57-52)35-20-8-3-9-21-35/h1-32H. The Kier molecular flexibility index (Phi) is 7.34. The van der Waals surface area contributed by atoms with Crippen LogP contribution in [0.4, 0.5) is 0 Å². The second-order valence-corrected chi connectivity index (χ2v) is 16.0. The van der Waals surface area contributed by atoms with Crippen molar-refractivity contribution in [3.8, 4) is 56.5 Å². The van der Waals surface area contributed by atoms with Crippen molar-refractivity contribution in [2.45, 2.75) is 15.2 Å². The molecule has 0 radical (unpaired) electrons. The van der Waals surface area contributed by atoms with Crippen LogP contribution in [0.15, 0.2) is 204 Å². The third-order valence-corrected chi connectivity index (χ3v) is 12.9. The van der Waals surface area contributed by atoms with Crippen LogP contribution in [0.25, 0.3) is 78.2 Å². The summed E-state index contributed by atoms with van der Waals surface area (Å²) in [4.78, 5) is 23.2. The third-order valence-electron chi connectivity index (χ3n) is 11.8. The molecule has 270 valence electrons. The van der Waals surface area contributed by atoms with Crippen LogP contribution in [0.5, 0.6) is 0 Å². The van der Waals surface area contributed by atoms with E-state index in [9.17, 15) is 0 Å². The summed E-state index contributed by atoms with van der Waals surface area (Å²) < 4.78 is 0. The van der Waals surface area contributed by atoms with Gasteiger partial charge in [-0.2, -0.15) is 0 Å². The van der Waals surface area contributed by atoms with Gasteiger partial charge in [0.1, 0.15) is 0 Å². The van der Waals surface area contributed by atoms with E-state index < -0.39 is 5.41 Å². The number of rotatable bonds is 4. The highest BCUT2D eigenvalue weighted by Crippen LogP contribution is 2.63. The van der Waals surface area contributed by atoms with Gasteiger partial charge in [-0.25, -0.2) is 19.9 Å². The van der Waals surface area contributed by atoms with Crippen molar-refractivity contribution in [3.05, 3.63) is 216 Å². The first kappa shape index (κ1) is 33.0. The van der Waals surface area contributed by atoms with Crippen LogP contribution in [0.3, 0.4) is 0 Å². The maximum absolute atomic E-state index is 5.50. The average Bonchev–Trinajstić information content (AvgIpc) is 3.60. The zero-order chi connectivity index (χ0) is 38.2. The number of hydrogen-bond acceptors (Lipinski definition) is 5. The second kappa shape index (κ2) is 12.9.